The first kappa shape index (κ1) is 17.1. The number of carbonyl (C=O) groups excluding carboxylic acids is 1. The van der Waals surface area contributed by atoms with Crippen LogP contribution >= 0.6 is 0 Å². The number of fused-ring (bicyclic) bond motifs is 1. The highest BCUT2D eigenvalue weighted by Gasteiger charge is 2.43. The number of amides is 1. The summed E-state index contributed by atoms with van der Waals surface area (Å²) in [4.78, 5) is 17.4. The summed E-state index contributed by atoms with van der Waals surface area (Å²) in [5.41, 5.74) is 10.8. The number of aryl methyl sites for hydroxylation is 1. The Morgan fingerprint density at radius 2 is 1.54 bits per heavy atom. The van der Waals surface area contributed by atoms with Crippen molar-refractivity contribution in [3.8, 4) is 0 Å². The average molecular weight is 349 g/mol. The Morgan fingerprint density at radius 1 is 0.962 bits per heavy atom. The van der Waals surface area contributed by atoms with Crippen LogP contribution in [0.2, 0.25) is 0 Å². The topological polar surface area (TPSA) is 49.6 Å². The summed E-state index contributed by atoms with van der Waals surface area (Å²) >= 11 is 0. The highest BCUT2D eigenvalue weighted by Crippen LogP contribution is 2.30. The first-order valence-corrected chi connectivity index (χ1v) is 9.58. The summed E-state index contributed by atoms with van der Waals surface area (Å²) in [6, 6.07) is 17.0. The highest BCUT2D eigenvalue weighted by atomic mass is 16.2. The van der Waals surface area contributed by atoms with Crippen LogP contribution in [0.15, 0.2) is 48.5 Å². The zero-order valence-electron chi connectivity index (χ0n) is 15.4. The maximum atomic E-state index is 13.1. The number of rotatable bonds is 3. The molecule has 1 saturated heterocycles. The van der Waals surface area contributed by atoms with Gasteiger partial charge in [-0.1, -0.05) is 43.3 Å². The quantitative estimate of drug-likeness (QED) is 0.926. The summed E-state index contributed by atoms with van der Waals surface area (Å²) < 4.78 is 0. The molecule has 4 nitrogen and oxygen atoms in total. The Morgan fingerprint density at radius 3 is 2.08 bits per heavy atom. The molecule has 1 amide bonds. The first-order valence-electron chi connectivity index (χ1n) is 9.58. The lowest BCUT2D eigenvalue weighted by molar-refractivity contribution is -0.137. The third-order valence-corrected chi connectivity index (χ3v) is 5.83. The van der Waals surface area contributed by atoms with Crippen molar-refractivity contribution in [2.75, 3.05) is 31.1 Å². The number of anilines is 1. The minimum atomic E-state index is -0.769. The van der Waals surface area contributed by atoms with Crippen LogP contribution in [0.1, 0.15) is 23.6 Å². The molecule has 0 unspecified atom stereocenters. The molecule has 1 heterocycles. The molecule has 1 fully saturated rings. The Kier molecular flexibility index (Phi) is 4.45. The number of hydrogen-bond donors (Lipinski definition) is 1. The molecule has 2 aromatic rings. The summed E-state index contributed by atoms with van der Waals surface area (Å²) in [6.07, 6.45) is 2.37. The molecule has 4 rings (SSSR count). The van der Waals surface area contributed by atoms with Gasteiger partial charge in [0.15, 0.2) is 0 Å². The molecular formula is C22H27N3O. The molecule has 136 valence electrons. The Hall–Kier alpha value is -2.33. The molecule has 0 atom stereocenters. The molecule has 0 bridgehead atoms. The van der Waals surface area contributed by atoms with Crippen LogP contribution in [-0.2, 0) is 24.1 Å². The lowest BCUT2D eigenvalue weighted by Crippen LogP contribution is -2.60. The van der Waals surface area contributed by atoms with E-state index in [2.05, 4.69) is 48.2 Å². The fourth-order valence-electron chi connectivity index (χ4n) is 4.22. The lowest BCUT2D eigenvalue weighted by Gasteiger charge is -2.39. The van der Waals surface area contributed by atoms with Crippen LogP contribution in [-0.4, -0.2) is 42.5 Å². The molecule has 0 aromatic heterocycles. The predicted molar refractivity (Wildman–Crippen MR) is 105 cm³/mol. The van der Waals surface area contributed by atoms with Crippen LogP contribution in [0.3, 0.4) is 0 Å². The lowest BCUT2D eigenvalue weighted by atomic mass is 9.94. The molecular weight excluding hydrogens is 322 g/mol. The second kappa shape index (κ2) is 6.76. The van der Waals surface area contributed by atoms with E-state index in [0.29, 0.717) is 12.8 Å². The van der Waals surface area contributed by atoms with Crippen LogP contribution in [0.5, 0.6) is 0 Å². The first-order chi connectivity index (χ1) is 12.6. The minimum absolute atomic E-state index is 0.106. The molecule has 4 heteroatoms. The number of piperazine rings is 1. The van der Waals surface area contributed by atoms with Crippen LogP contribution < -0.4 is 10.6 Å². The van der Waals surface area contributed by atoms with Gasteiger partial charge in [-0.3, -0.25) is 4.79 Å². The van der Waals surface area contributed by atoms with Gasteiger partial charge in [0.25, 0.3) is 0 Å². The van der Waals surface area contributed by atoms with Crippen LogP contribution in [0, 0.1) is 0 Å². The van der Waals surface area contributed by atoms with E-state index in [0.717, 1.165) is 32.6 Å². The van der Waals surface area contributed by atoms with E-state index in [-0.39, 0.29) is 5.91 Å². The van der Waals surface area contributed by atoms with E-state index in [1.807, 2.05) is 17.0 Å². The fourth-order valence-corrected chi connectivity index (χ4v) is 4.22. The van der Waals surface area contributed by atoms with Crippen molar-refractivity contribution >= 4 is 11.6 Å². The average Bonchev–Trinajstić information content (AvgIpc) is 3.05. The van der Waals surface area contributed by atoms with Crippen molar-refractivity contribution in [3.05, 3.63) is 65.2 Å². The molecule has 0 radical (unpaired) electrons. The van der Waals surface area contributed by atoms with Crippen molar-refractivity contribution in [1.29, 1.82) is 0 Å². The molecule has 0 spiro atoms. The zero-order chi connectivity index (χ0) is 18.1. The minimum Gasteiger partial charge on any atom is -0.368 e. The van der Waals surface area contributed by atoms with Gasteiger partial charge in [-0.15, -0.1) is 0 Å². The number of nitrogens with zero attached hydrogens (tertiary/aromatic N) is 2. The monoisotopic (exact) mass is 349 g/mol. The van der Waals surface area contributed by atoms with Gasteiger partial charge < -0.3 is 15.5 Å². The van der Waals surface area contributed by atoms with Gasteiger partial charge in [0.1, 0.15) is 5.54 Å². The van der Waals surface area contributed by atoms with E-state index in [1.54, 1.807) is 0 Å². The zero-order valence-corrected chi connectivity index (χ0v) is 15.4. The normalized spacial score (nSPS) is 18.7. The summed E-state index contributed by atoms with van der Waals surface area (Å²) in [5.74, 6) is 0.106. The van der Waals surface area contributed by atoms with E-state index >= 15 is 0 Å². The second-order valence-electron chi connectivity index (χ2n) is 7.58. The third kappa shape index (κ3) is 3.10. The number of benzene rings is 2. The van der Waals surface area contributed by atoms with Gasteiger partial charge in [0, 0.05) is 31.9 Å². The summed E-state index contributed by atoms with van der Waals surface area (Å²) in [5, 5.41) is 0. The van der Waals surface area contributed by atoms with Crippen molar-refractivity contribution < 1.29 is 4.79 Å². The van der Waals surface area contributed by atoms with Gasteiger partial charge in [0.2, 0.25) is 5.91 Å². The van der Waals surface area contributed by atoms with Gasteiger partial charge >= 0.3 is 0 Å². The van der Waals surface area contributed by atoms with Gasteiger partial charge in [-0.25, -0.2) is 0 Å². The second-order valence-corrected chi connectivity index (χ2v) is 7.58. The molecule has 1 aliphatic carbocycles. The third-order valence-electron chi connectivity index (χ3n) is 5.83. The molecule has 2 N–H and O–H groups in total. The van der Waals surface area contributed by atoms with Gasteiger partial charge in [-0.05, 0) is 48.1 Å². The molecule has 0 saturated carbocycles. The maximum absolute atomic E-state index is 13.1. The molecule has 1 aliphatic heterocycles. The Labute approximate surface area is 155 Å². The smallest absolute Gasteiger partial charge is 0.243 e. The van der Waals surface area contributed by atoms with E-state index in [9.17, 15) is 4.79 Å². The standard InChI is InChI=1S/C22H27N3O/c1-2-17-7-9-20(10-8-17)24-11-13-25(14-12-24)21(26)22(23)15-18-5-3-4-6-19(18)16-22/h3-10H,2,11-16,23H2,1H3. The van der Waals surface area contributed by atoms with Crippen molar-refractivity contribution in [2.24, 2.45) is 5.73 Å². The summed E-state index contributed by atoms with van der Waals surface area (Å²) in [7, 11) is 0. The van der Waals surface area contributed by atoms with Crippen molar-refractivity contribution in [2.45, 2.75) is 31.7 Å². The maximum Gasteiger partial charge on any atom is 0.243 e. The fraction of sp³-hybridized carbons (Fsp3) is 0.409. The van der Waals surface area contributed by atoms with Crippen molar-refractivity contribution in [1.82, 2.24) is 4.90 Å². The number of carbonyl (C=O) groups is 1. The van der Waals surface area contributed by atoms with E-state index < -0.39 is 5.54 Å². The van der Waals surface area contributed by atoms with E-state index in [1.165, 1.54) is 22.4 Å². The van der Waals surface area contributed by atoms with Gasteiger partial charge in [-0.2, -0.15) is 0 Å². The highest BCUT2D eigenvalue weighted by molar-refractivity contribution is 5.88. The predicted octanol–water partition coefficient (Wildman–Crippen LogP) is 2.39. The summed E-state index contributed by atoms with van der Waals surface area (Å²) in [6.45, 7) is 5.37. The van der Waals surface area contributed by atoms with Gasteiger partial charge in [0.05, 0.1) is 0 Å². The Bertz CT molecular complexity index is 766. The SMILES string of the molecule is CCc1ccc(N2CCN(C(=O)C3(N)Cc4ccccc4C3)CC2)cc1. The number of nitrogens with two attached hydrogens (primary N) is 1. The van der Waals surface area contributed by atoms with Crippen LogP contribution in [0.25, 0.3) is 0 Å². The Balaban J connectivity index is 1.39. The molecule has 2 aromatic carbocycles. The number of hydrogen-bond acceptors (Lipinski definition) is 3. The molecule has 26 heavy (non-hydrogen) atoms. The van der Waals surface area contributed by atoms with Crippen molar-refractivity contribution in [3.63, 3.8) is 0 Å². The molecule has 2 aliphatic rings. The largest absolute Gasteiger partial charge is 0.368 e. The van der Waals surface area contributed by atoms with Crippen LogP contribution in [0.4, 0.5) is 5.69 Å². The van der Waals surface area contributed by atoms with E-state index in [4.69, 9.17) is 5.73 Å².